The van der Waals surface area contributed by atoms with Gasteiger partial charge in [0, 0.05) is 24.8 Å². The number of rotatable bonds is 8. The average Bonchev–Trinajstić information content (AvgIpc) is 3.50. The Morgan fingerprint density at radius 1 is 1.19 bits per heavy atom. The number of nitrogens with zero attached hydrogens (tertiary/aromatic N) is 4. The topological polar surface area (TPSA) is 96.9 Å². The van der Waals surface area contributed by atoms with Crippen LogP contribution in [0, 0.1) is 5.41 Å². The molecule has 0 aliphatic carbocycles. The summed E-state index contributed by atoms with van der Waals surface area (Å²) in [5.41, 5.74) is 7.88. The second kappa shape index (κ2) is 11.4. The van der Waals surface area contributed by atoms with Gasteiger partial charge in [-0.15, -0.1) is 0 Å². The molecule has 198 valence electrons. The van der Waals surface area contributed by atoms with Crippen LogP contribution in [0.1, 0.15) is 38.2 Å². The second-order valence-electron chi connectivity index (χ2n) is 10.5. The highest BCUT2D eigenvalue weighted by molar-refractivity contribution is 5.74. The number of benzene rings is 2. The number of alkyl halides is 1. The number of aliphatic hydroxyl groups excluding tert-OH is 1. The third-order valence-corrected chi connectivity index (χ3v) is 6.36. The lowest BCUT2D eigenvalue weighted by molar-refractivity contribution is -0.0870. The van der Waals surface area contributed by atoms with Gasteiger partial charge in [-0.05, 0) is 11.0 Å². The molecule has 3 N–H and O–H groups in total. The Labute approximate surface area is 217 Å². The van der Waals surface area contributed by atoms with Gasteiger partial charge in [-0.3, -0.25) is 4.84 Å². The number of imidazole rings is 1. The largest absolute Gasteiger partial charge is 0.389 e. The second-order valence-corrected chi connectivity index (χ2v) is 10.5. The molecular weight excluding hydrogens is 473 g/mol. The van der Waals surface area contributed by atoms with E-state index >= 15 is 0 Å². The summed E-state index contributed by atoms with van der Waals surface area (Å²) in [5.74, 6) is 0.632. The number of nitrogens with two attached hydrogens (primary N) is 1. The Morgan fingerprint density at radius 3 is 2.41 bits per heavy atom. The lowest BCUT2D eigenvalue weighted by Gasteiger charge is -2.41. The lowest BCUT2D eigenvalue weighted by atomic mass is 9.84. The number of amides is 2. The Balaban J connectivity index is 1.83. The maximum Gasteiger partial charge on any atom is 0.344 e. The van der Waals surface area contributed by atoms with Crippen molar-refractivity contribution in [1.82, 2.24) is 19.5 Å². The number of hydrogen-bond acceptors (Lipinski definition) is 5. The number of halogens is 1. The summed E-state index contributed by atoms with van der Waals surface area (Å²) in [6, 6.07) is 18.7. The molecule has 1 fully saturated rings. The molecule has 8 nitrogen and oxygen atoms in total. The smallest absolute Gasteiger partial charge is 0.344 e. The fourth-order valence-corrected chi connectivity index (χ4v) is 4.63. The average molecular weight is 510 g/mol. The van der Waals surface area contributed by atoms with Crippen molar-refractivity contribution in [2.45, 2.75) is 45.6 Å². The van der Waals surface area contributed by atoms with Crippen molar-refractivity contribution in [3.63, 3.8) is 0 Å². The van der Waals surface area contributed by atoms with Crippen LogP contribution in [0.5, 0.6) is 0 Å². The van der Waals surface area contributed by atoms with E-state index in [0.29, 0.717) is 12.4 Å². The van der Waals surface area contributed by atoms with E-state index in [0.717, 1.165) is 21.9 Å². The maximum absolute atomic E-state index is 14.8. The molecule has 0 spiro atoms. The minimum atomic E-state index is -1.44. The molecule has 2 heterocycles. The van der Waals surface area contributed by atoms with Crippen LogP contribution < -0.4 is 5.73 Å². The Morgan fingerprint density at radius 2 is 1.84 bits per heavy atom. The third kappa shape index (κ3) is 6.36. The molecule has 1 aliphatic rings. The van der Waals surface area contributed by atoms with E-state index in [9.17, 15) is 14.3 Å². The predicted molar refractivity (Wildman–Crippen MR) is 140 cm³/mol. The van der Waals surface area contributed by atoms with Crippen molar-refractivity contribution in [2.24, 2.45) is 11.1 Å². The first-order valence-corrected chi connectivity index (χ1v) is 12.6. The SMILES string of the molecule is CC(C)(C)[C@H](c1nc(-c2ccccc2)cn1Cc1ccccc1)N(C[C@@H](F)CN)C(=O)N1C[C@@H](O)CO1. The Bertz CT molecular complexity index is 1170. The number of aromatic nitrogens is 2. The highest BCUT2D eigenvalue weighted by Gasteiger charge is 2.42. The van der Waals surface area contributed by atoms with Gasteiger partial charge in [-0.25, -0.2) is 19.2 Å². The van der Waals surface area contributed by atoms with E-state index in [2.05, 4.69) is 0 Å². The van der Waals surface area contributed by atoms with E-state index in [-0.39, 0.29) is 26.2 Å². The van der Waals surface area contributed by atoms with E-state index in [1.54, 1.807) is 0 Å². The van der Waals surface area contributed by atoms with Crippen LogP contribution in [-0.4, -0.2) is 69.2 Å². The number of aliphatic hydroxyl groups is 1. The molecule has 2 aromatic carbocycles. The highest BCUT2D eigenvalue weighted by atomic mass is 19.1. The molecule has 3 atom stereocenters. The van der Waals surface area contributed by atoms with Crippen LogP contribution in [-0.2, 0) is 11.4 Å². The van der Waals surface area contributed by atoms with Crippen LogP contribution in [0.2, 0.25) is 0 Å². The van der Waals surface area contributed by atoms with E-state index < -0.39 is 29.8 Å². The standard InChI is InChI=1S/C28H36FN5O3/c1-28(2,3)25(33(16-22(29)14-30)27(36)34-17-23(35)19-37-34)26-31-24(21-12-8-5-9-13-21)18-32(26)15-20-10-6-4-7-11-20/h4-13,18,22-23,25,35H,14-17,19,30H2,1-3H3/t22-,23+,25-/m0/s1. The van der Waals surface area contributed by atoms with Gasteiger partial charge in [0.25, 0.3) is 0 Å². The van der Waals surface area contributed by atoms with Gasteiger partial charge in [-0.1, -0.05) is 81.4 Å². The molecule has 4 rings (SSSR count). The zero-order valence-electron chi connectivity index (χ0n) is 21.6. The first-order chi connectivity index (χ1) is 17.7. The lowest BCUT2D eigenvalue weighted by Crippen LogP contribution is -2.51. The Hall–Kier alpha value is -3.27. The molecule has 3 aromatic rings. The third-order valence-electron chi connectivity index (χ3n) is 6.36. The zero-order valence-corrected chi connectivity index (χ0v) is 21.6. The summed E-state index contributed by atoms with van der Waals surface area (Å²) in [4.78, 5) is 25.6. The fourth-order valence-electron chi connectivity index (χ4n) is 4.63. The first kappa shape index (κ1) is 26.8. The normalized spacial score (nSPS) is 17.6. The molecule has 37 heavy (non-hydrogen) atoms. The molecule has 1 aromatic heterocycles. The molecule has 0 radical (unpaired) electrons. The van der Waals surface area contributed by atoms with Crippen LogP contribution >= 0.6 is 0 Å². The number of urea groups is 1. The molecule has 0 unspecified atom stereocenters. The summed E-state index contributed by atoms with van der Waals surface area (Å²) < 4.78 is 16.9. The fraction of sp³-hybridized carbons (Fsp3) is 0.429. The number of β-amino-alcohol motifs (C(OH)–C–C–N with tert-alkyl or cyclic N) is 1. The maximum atomic E-state index is 14.8. The van der Waals surface area contributed by atoms with E-state index in [1.807, 2.05) is 92.2 Å². The Kier molecular flexibility index (Phi) is 8.26. The van der Waals surface area contributed by atoms with Crippen molar-refractivity contribution in [2.75, 3.05) is 26.2 Å². The number of hydrogen-bond donors (Lipinski definition) is 2. The van der Waals surface area contributed by atoms with E-state index in [4.69, 9.17) is 15.6 Å². The first-order valence-electron chi connectivity index (χ1n) is 12.6. The quantitative estimate of drug-likeness (QED) is 0.478. The van der Waals surface area contributed by atoms with Crippen molar-refractivity contribution in [1.29, 1.82) is 0 Å². The van der Waals surface area contributed by atoms with Gasteiger partial charge in [0.2, 0.25) is 0 Å². The van der Waals surface area contributed by atoms with Gasteiger partial charge < -0.3 is 20.3 Å². The van der Waals surface area contributed by atoms with Gasteiger partial charge >= 0.3 is 6.03 Å². The predicted octanol–water partition coefficient (Wildman–Crippen LogP) is 4.01. The van der Waals surface area contributed by atoms with Crippen molar-refractivity contribution >= 4 is 6.03 Å². The minimum Gasteiger partial charge on any atom is -0.389 e. The van der Waals surface area contributed by atoms with Crippen molar-refractivity contribution in [3.05, 3.63) is 78.2 Å². The van der Waals surface area contributed by atoms with Crippen molar-refractivity contribution < 1.29 is 19.1 Å². The summed E-state index contributed by atoms with van der Waals surface area (Å²) in [6.07, 6.45) is -0.253. The number of carbonyl (C=O) groups is 1. The van der Waals surface area contributed by atoms with Gasteiger partial charge in [0.1, 0.15) is 24.7 Å². The molecule has 0 saturated carbocycles. The van der Waals surface area contributed by atoms with Crippen LogP contribution in [0.15, 0.2) is 66.9 Å². The summed E-state index contributed by atoms with van der Waals surface area (Å²) >= 11 is 0. The van der Waals surface area contributed by atoms with Crippen molar-refractivity contribution in [3.8, 4) is 11.3 Å². The highest BCUT2D eigenvalue weighted by Crippen LogP contribution is 2.40. The van der Waals surface area contributed by atoms with Gasteiger partial charge in [0.05, 0.1) is 24.8 Å². The van der Waals surface area contributed by atoms with Gasteiger partial charge in [0.15, 0.2) is 0 Å². The molecule has 0 bridgehead atoms. The van der Waals surface area contributed by atoms with Crippen LogP contribution in [0.4, 0.5) is 9.18 Å². The summed E-state index contributed by atoms with van der Waals surface area (Å²) in [5, 5.41) is 11.1. The number of carbonyl (C=O) groups excluding carboxylic acids is 1. The summed E-state index contributed by atoms with van der Waals surface area (Å²) in [7, 11) is 0. The zero-order chi connectivity index (χ0) is 26.6. The molecular formula is C28H36FN5O3. The van der Waals surface area contributed by atoms with Gasteiger partial charge in [-0.2, -0.15) is 0 Å². The molecule has 1 aliphatic heterocycles. The molecule has 2 amide bonds. The minimum absolute atomic E-state index is 0.0104. The van der Waals surface area contributed by atoms with E-state index in [1.165, 1.54) is 4.90 Å². The van der Waals surface area contributed by atoms with Crippen LogP contribution in [0.25, 0.3) is 11.3 Å². The monoisotopic (exact) mass is 509 g/mol. The number of hydroxylamine groups is 2. The molecule has 9 heteroatoms. The summed E-state index contributed by atoms with van der Waals surface area (Å²) in [6.45, 7) is 6.09. The molecule has 1 saturated heterocycles. The van der Waals surface area contributed by atoms with Crippen LogP contribution in [0.3, 0.4) is 0 Å².